The Bertz CT molecular complexity index is 874. The first-order valence-corrected chi connectivity index (χ1v) is 9.32. The van der Waals surface area contributed by atoms with Crippen LogP contribution in [0.1, 0.15) is 44.7 Å². The standard InChI is InChI=1S/C18H26N8/c1-3-12(2)14-11-16(23-22-14)20-17-15-5-4-8-26(15)24-18(21-17)25-9-6-13(19)7-10-25/h4-5,8,11-13H,3,6-7,9-10,19H2,1-2H3,(H2,20,21,22,23,24). The molecule has 8 heteroatoms. The van der Waals surface area contributed by atoms with Gasteiger partial charge < -0.3 is 16.0 Å². The van der Waals surface area contributed by atoms with Crippen LogP contribution in [0.2, 0.25) is 0 Å². The van der Waals surface area contributed by atoms with Gasteiger partial charge in [-0.15, -0.1) is 5.10 Å². The van der Waals surface area contributed by atoms with Gasteiger partial charge in [0.15, 0.2) is 11.6 Å². The molecule has 1 fully saturated rings. The molecule has 0 saturated carbocycles. The summed E-state index contributed by atoms with van der Waals surface area (Å²) in [5.41, 5.74) is 8.07. The Kier molecular flexibility index (Phi) is 4.50. The number of fused-ring (bicyclic) bond motifs is 1. The van der Waals surface area contributed by atoms with E-state index in [0.29, 0.717) is 5.92 Å². The number of nitrogens with zero attached hydrogens (tertiary/aromatic N) is 5. The van der Waals surface area contributed by atoms with Crippen LogP contribution in [-0.4, -0.2) is 43.9 Å². The molecule has 0 aromatic carbocycles. The quantitative estimate of drug-likeness (QED) is 0.651. The van der Waals surface area contributed by atoms with Gasteiger partial charge in [-0.3, -0.25) is 5.10 Å². The Morgan fingerprint density at radius 2 is 2.19 bits per heavy atom. The number of anilines is 3. The summed E-state index contributed by atoms with van der Waals surface area (Å²) in [4.78, 5) is 6.98. The Hall–Kier alpha value is -2.61. The van der Waals surface area contributed by atoms with E-state index in [1.807, 2.05) is 22.8 Å². The number of H-pyrrole nitrogens is 1. The van der Waals surface area contributed by atoms with Crippen molar-refractivity contribution in [2.45, 2.75) is 45.1 Å². The van der Waals surface area contributed by atoms with Crippen molar-refractivity contribution in [3.63, 3.8) is 0 Å². The number of nitrogens with one attached hydrogen (secondary N) is 2. The van der Waals surface area contributed by atoms with Crippen molar-refractivity contribution < 1.29 is 0 Å². The summed E-state index contributed by atoms with van der Waals surface area (Å²) in [7, 11) is 0. The maximum atomic E-state index is 6.02. The summed E-state index contributed by atoms with van der Waals surface area (Å²) in [6, 6.07) is 6.30. The number of aromatic nitrogens is 5. The SMILES string of the molecule is CCC(C)c1cc(Nc2nc(N3CCC(N)CC3)nn3cccc23)n[nH]1. The lowest BCUT2D eigenvalue weighted by Gasteiger charge is -2.30. The van der Waals surface area contributed by atoms with E-state index in [4.69, 9.17) is 10.7 Å². The average Bonchev–Trinajstić information content (AvgIpc) is 3.31. The van der Waals surface area contributed by atoms with Crippen molar-refractivity contribution in [2.24, 2.45) is 5.73 Å². The second-order valence-corrected chi connectivity index (χ2v) is 7.07. The first kappa shape index (κ1) is 16.8. The number of rotatable bonds is 5. The molecule has 0 aliphatic carbocycles. The summed E-state index contributed by atoms with van der Waals surface area (Å²) >= 11 is 0. The number of nitrogens with two attached hydrogens (primary N) is 1. The summed E-state index contributed by atoms with van der Waals surface area (Å²) in [5.74, 6) is 2.71. The van der Waals surface area contributed by atoms with Crippen LogP contribution in [0, 0.1) is 0 Å². The molecular weight excluding hydrogens is 328 g/mol. The van der Waals surface area contributed by atoms with Gasteiger partial charge in [-0.25, -0.2) is 4.52 Å². The van der Waals surface area contributed by atoms with Gasteiger partial charge in [0.05, 0.1) is 0 Å². The van der Waals surface area contributed by atoms with Crippen molar-refractivity contribution in [2.75, 3.05) is 23.3 Å². The normalized spacial score (nSPS) is 17.0. The number of hydrogen-bond acceptors (Lipinski definition) is 6. The highest BCUT2D eigenvalue weighted by Gasteiger charge is 2.20. The summed E-state index contributed by atoms with van der Waals surface area (Å²) < 4.78 is 1.86. The molecule has 4 N–H and O–H groups in total. The molecule has 26 heavy (non-hydrogen) atoms. The highest BCUT2D eigenvalue weighted by atomic mass is 15.4. The fraction of sp³-hybridized carbons (Fsp3) is 0.500. The summed E-state index contributed by atoms with van der Waals surface area (Å²) in [6.07, 6.45) is 4.94. The highest BCUT2D eigenvalue weighted by molar-refractivity contribution is 5.73. The van der Waals surface area contributed by atoms with E-state index in [1.54, 1.807) is 0 Å². The van der Waals surface area contributed by atoms with Gasteiger partial charge in [0.25, 0.3) is 0 Å². The largest absolute Gasteiger partial charge is 0.339 e. The number of aromatic amines is 1. The van der Waals surface area contributed by atoms with E-state index in [2.05, 4.69) is 45.4 Å². The highest BCUT2D eigenvalue weighted by Crippen LogP contribution is 2.25. The van der Waals surface area contributed by atoms with Gasteiger partial charge in [0, 0.05) is 37.1 Å². The monoisotopic (exact) mass is 354 g/mol. The van der Waals surface area contributed by atoms with Crippen molar-refractivity contribution in [1.29, 1.82) is 0 Å². The molecule has 0 amide bonds. The van der Waals surface area contributed by atoms with Crippen LogP contribution in [0.25, 0.3) is 5.52 Å². The average molecular weight is 354 g/mol. The molecule has 1 aliphatic rings. The van der Waals surface area contributed by atoms with Crippen LogP contribution < -0.4 is 16.0 Å². The molecule has 4 rings (SSSR count). The van der Waals surface area contributed by atoms with Gasteiger partial charge in [0.1, 0.15) is 5.52 Å². The molecule has 1 saturated heterocycles. The molecule has 1 aliphatic heterocycles. The summed E-state index contributed by atoms with van der Waals surface area (Å²) in [6.45, 7) is 6.12. The molecule has 0 spiro atoms. The second-order valence-electron chi connectivity index (χ2n) is 7.07. The molecular formula is C18H26N8. The molecule has 4 heterocycles. The first-order chi connectivity index (χ1) is 12.6. The fourth-order valence-corrected chi connectivity index (χ4v) is 3.24. The van der Waals surface area contributed by atoms with Crippen LogP contribution in [0.5, 0.6) is 0 Å². The molecule has 3 aromatic heterocycles. The minimum atomic E-state index is 0.280. The molecule has 3 aromatic rings. The lowest BCUT2D eigenvalue weighted by molar-refractivity contribution is 0.493. The molecule has 0 bridgehead atoms. The lowest BCUT2D eigenvalue weighted by Crippen LogP contribution is -2.40. The van der Waals surface area contributed by atoms with E-state index >= 15 is 0 Å². The van der Waals surface area contributed by atoms with Gasteiger partial charge in [-0.05, 0) is 37.3 Å². The van der Waals surface area contributed by atoms with Crippen molar-refractivity contribution in [3.8, 4) is 0 Å². The summed E-state index contributed by atoms with van der Waals surface area (Å²) in [5, 5.41) is 15.5. The van der Waals surface area contributed by atoms with E-state index in [9.17, 15) is 0 Å². The topological polar surface area (TPSA) is 100 Å². The van der Waals surface area contributed by atoms with Crippen molar-refractivity contribution in [1.82, 2.24) is 24.8 Å². The zero-order valence-electron chi connectivity index (χ0n) is 15.3. The van der Waals surface area contributed by atoms with E-state index < -0.39 is 0 Å². The predicted molar refractivity (Wildman–Crippen MR) is 103 cm³/mol. The van der Waals surface area contributed by atoms with Crippen LogP contribution in [-0.2, 0) is 0 Å². The van der Waals surface area contributed by atoms with Gasteiger partial charge in [-0.1, -0.05) is 13.8 Å². The van der Waals surface area contributed by atoms with Crippen molar-refractivity contribution in [3.05, 3.63) is 30.1 Å². The first-order valence-electron chi connectivity index (χ1n) is 9.32. The molecule has 1 unspecified atom stereocenters. The number of piperidine rings is 1. The third-order valence-electron chi connectivity index (χ3n) is 5.19. The van der Waals surface area contributed by atoms with E-state index in [0.717, 1.165) is 61.1 Å². The Balaban J connectivity index is 1.63. The van der Waals surface area contributed by atoms with E-state index in [1.165, 1.54) is 0 Å². The third kappa shape index (κ3) is 3.24. The minimum absolute atomic E-state index is 0.280. The van der Waals surface area contributed by atoms with Gasteiger partial charge in [-0.2, -0.15) is 10.1 Å². The Morgan fingerprint density at radius 1 is 1.38 bits per heavy atom. The maximum Gasteiger partial charge on any atom is 0.245 e. The van der Waals surface area contributed by atoms with Crippen LogP contribution in [0.3, 0.4) is 0 Å². The molecule has 138 valence electrons. The molecule has 1 atom stereocenters. The Labute approximate surface area is 152 Å². The number of hydrogen-bond donors (Lipinski definition) is 3. The smallest absolute Gasteiger partial charge is 0.245 e. The fourth-order valence-electron chi connectivity index (χ4n) is 3.24. The van der Waals surface area contributed by atoms with E-state index in [-0.39, 0.29) is 6.04 Å². The van der Waals surface area contributed by atoms with Crippen molar-refractivity contribution >= 4 is 23.1 Å². The zero-order chi connectivity index (χ0) is 18.1. The minimum Gasteiger partial charge on any atom is -0.339 e. The van der Waals surface area contributed by atoms with Crippen LogP contribution in [0.15, 0.2) is 24.4 Å². The second kappa shape index (κ2) is 6.95. The van der Waals surface area contributed by atoms with Gasteiger partial charge >= 0.3 is 0 Å². The van der Waals surface area contributed by atoms with Crippen LogP contribution in [0.4, 0.5) is 17.6 Å². The third-order valence-corrected chi connectivity index (χ3v) is 5.19. The lowest BCUT2D eigenvalue weighted by atomic mass is 10.1. The van der Waals surface area contributed by atoms with Gasteiger partial charge in [0.2, 0.25) is 5.95 Å². The maximum absolute atomic E-state index is 6.02. The molecule has 8 nitrogen and oxygen atoms in total. The van der Waals surface area contributed by atoms with Crippen LogP contribution >= 0.6 is 0 Å². The Morgan fingerprint density at radius 3 is 2.96 bits per heavy atom. The molecule has 0 radical (unpaired) electrons. The predicted octanol–water partition coefficient (Wildman–Crippen LogP) is 2.64. The zero-order valence-corrected chi connectivity index (χ0v) is 15.3.